The molecule has 0 atom stereocenters. The predicted octanol–water partition coefficient (Wildman–Crippen LogP) is 3.46. The van der Waals surface area contributed by atoms with Crippen molar-refractivity contribution in [2.75, 3.05) is 13.1 Å². The average molecular weight is 328 g/mol. The van der Waals surface area contributed by atoms with Gasteiger partial charge < -0.3 is 9.30 Å². The molecule has 0 bridgehead atoms. The molecule has 0 radical (unpaired) electrons. The molecule has 0 spiro atoms. The SMILES string of the molecule is CCn1cnnc1C1CCN(Cc2cccc(OC(C)C)c2)CC1. The molecule has 0 aliphatic carbocycles. The number of piperidine rings is 1. The van der Waals surface area contributed by atoms with Crippen LogP contribution in [0.4, 0.5) is 0 Å². The lowest BCUT2D eigenvalue weighted by Crippen LogP contribution is -2.33. The van der Waals surface area contributed by atoms with Gasteiger partial charge in [-0.2, -0.15) is 0 Å². The number of rotatable bonds is 6. The van der Waals surface area contributed by atoms with E-state index >= 15 is 0 Å². The number of ether oxygens (including phenoxy) is 1. The number of aromatic nitrogens is 3. The van der Waals surface area contributed by atoms with E-state index in [2.05, 4.69) is 58.6 Å². The Bertz CT molecular complexity index is 644. The van der Waals surface area contributed by atoms with Crippen LogP contribution in [0.15, 0.2) is 30.6 Å². The number of nitrogens with zero attached hydrogens (tertiary/aromatic N) is 4. The van der Waals surface area contributed by atoms with Crippen LogP contribution >= 0.6 is 0 Å². The van der Waals surface area contributed by atoms with E-state index in [9.17, 15) is 0 Å². The summed E-state index contributed by atoms with van der Waals surface area (Å²) in [6.45, 7) is 10.4. The van der Waals surface area contributed by atoms with E-state index in [1.165, 1.54) is 5.56 Å². The maximum absolute atomic E-state index is 5.80. The van der Waals surface area contributed by atoms with Crippen LogP contribution in [-0.4, -0.2) is 38.9 Å². The van der Waals surface area contributed by atoms with Gasteiger partial charge >= 0.3 is 0 Å². The molecule has 0 saturated carbocycles. The summed E-state index contributed by atoms with van der Waals surface area (Å²) in [5.41, 5.74) is 1.32. The first-order valence-corrected chi connectivity index (χ1v) is 9.01. The third-order valence-corrected chi connectivity index (χ3v) is 4.62. The van der Waals surface area contributed by atoms with Crippen LogP contribution in [0.25, 0.3) is 0 Å². The minimum absolute atomic E-state index is 0.215. The molecule has 1 aliphatic heterocycles. The highest BCUT2D eigenvalue weighted by Crippen LogP contribution is 2.27. The van der Waals surface area contributed by atoms with Crippen molar-refractivity contribution in [1.82, 2.24) is 19.7 Å². The fourth-order valence-corrected chi connectivity index (χ4v) is 3.42. The molecule has 0 amide bonds. The largest absolute Gasteiger partial charge is 0.491 e. The Hall–Kier alpha value is -1.88. The van der Waals surface area contributed by atoms with Gasteiger partial charge in [0.15, 0.2) is 0 Å². The zero-order valence-electron chi connectivity index (χ0n) is 15.0. The molecule has 5 nitrogen and oxygen atoms in total. The third kappa shape index (κ3) is 4.15. The average Bonchev–Trinajstić information content (AvgIpc) is 3.04. The van der Waals surface area contributed by atoms with Crippen LogP contribution in [0, 0.1) is 0 Å². The second kappa shape index (κ2) is 7.79. The van der Waals surface area contributed by atoms with Crippen LogP contribution < -0.4 is 4.74 Å². The summed E-state index contributed by atoms with van der Waals surface area (Å²) < 4.78 is 7.97. The van der Waals surface area contributed by atoms with Crippen LogP contribution in [0.3, 0.4) is 0 Å². The van der Waals surface area contributed by atoms with E-state index in [0.717, 1.165) is 50.6 Å². The first-order chi connectivity index (χ1) is 11.7. The van der Waals surface area contributed by atoms with Crippen LogP contribution in [0.5, 0.6) is 5.75 Å². The molecule has 5 heteroatoms. The van der Waals surface area contributed by atoms with E-state index in [1.807, 2.05) is 12.4 Å². The fourth-order valence-electron chi connectivity index (χ4n) is 3.42. The first-order valence-electron chi connectivity index (χ1n) is 9.01. The molecule has 0 unspecified atom stereocenters. The Morgan fingerprint density at radius 3 is 2.75 bits per heavy atom. The Kier molecular flexibility index (Phi) is 5.51. The molecule has 2 heterocycles. The fraction of sp³-hybridized carbons (Fsp3) is 0.579. The lowest BCUT2D eigenvalue weighted by Gasteiger charge is -2.31. The summed E-state index contributed by atoms with van der Waals surface area (Å²) in [7, 11) is 0. The summed E-state index contributed by atoms with van der Waals surface area (Å²) in [6, 6.07) is 8.48. The highest BCUT2D eigenvalue weighted by atomic mass is 16.5. The number of hydrogen-bond donors (Lipinski definition) is 0. The zero-order chi connectivity index (χ0) is 16.9. The molecule has 130 valence electrons. The van der Waals surface area contributed by atoms with Crippen molar-refractivity contribution < 1.29 is 4.74 Å². The molecule has 24 heavy (non-hydrogen) atoms. The number of likely N-dealkylation sites (tertiary alicyclic amines) is 1. The predicted molar refractivity (Wildman–Crippen MR) is 95.2 cm³/mol. The van der Waals surface area contributed by atoms with Gasteiger partial charge in [-0.25, -0.2) is 0 Å². The lowest BCUT2D eigenvalue weighted by atomic mass is 9.95. The summed E-state index contributed by atoms with van der Waals surface area (Å²) in [5, 5.41) is 8.41. The van der Waals surface area contributed by atoms with Crippen LogP contribution in [0.2, 0.25) is 0 Å². The topological polar surface area (TPSA) is 43.2 Å². The van der Waals surface area contributed by atoms with Gasteiger partial charge in [0.1, 0.15) is 17.9 Å². The van der Waals surface area contributed by atoms with E-state index in [4.69, 9.17) is 4.74 Å². The Morgan fingerprint density at radius 2 is 2.04 bits per heavy atom. The maximum atomic E-state index is 5.80. The Morgan fingerprint density at radius 1 is 1.25 bits per heavy atom. The molecular formula is C19H28N4O. The summed E-state index contributed by atoms with van der Waals surface area (Å²) >= 11 is 0. The van der Waals surface area contributed by atoms with Gasteiger partial charge in [-0.05, 0) is 64.4 Å². The maximum Gasteiger partial charge on any atom is 0.135 e. The van der Waals surface area contributed by atoms with Crippen molar-refractivity contribution in [1.29, 1.82) is 0 Å². The number of aryl methyl sites for hydroxylation is 1. The molecule has 1 aromatic heterocycles. The van der Waals surface area contributed by atoms with Crippen molar-refractivity contribution in [2.24, 2.45) is 0 Å². The smallest absolute Gasteiger partial charge is 0.135 e. The molecule has 1 saturated heterocycles. The van der Waals surface area contributed by atoms with Gasteiger partial charge in [-0.3, -0.25) is 4.90 Å². The van der Waals surface area contributed by atoms with E-state index in [1.54, 1.807) is 0 Å². The van der Waals surface area contributed by atoms with Gasteiger partial charge in [-0.15, -0.1) is 10.2 Å². The molecule has 3 rings (SSSR count). The van der Waals surface area contributed by atoms with Crippen molar-refractivity contribution in [3.8, 4) is 5.75 Å². The van der Waals surface area contributed by atoms with Crippen molar-refractivity contribution >= 4 is 0 Å². The highest BCUT2D eigenvalue weighted by molar-refractivity contribution is 5.28. The minimum atomic E-state index is 0.215. The summed E-state index contributed by atoms with van der Waals surface area (Å²) in [4.78, 5) is 2.53. The molecule has 1 aliphatic rings. The number of benzene rings is 1. The Labute approximate surface area is 144 Å². The van der Waals surface area contributed by atoms with E-state index < -0.39 is 0 Å². The zero-order valence-corrected chi connectivity index (χ0v) is 15.0. The molecular weight excluding hydrogens is 300 g/mol. The molecule has 2 aromatic rings. The summed E-state index contributed by atoms with van der Waals surface area (Å²) in [5.74, 6) is 2.66. The molecule has 0 N–H and O–H groups in total. The quantitative estimate of drug-likeness (QED) is 0.814. The van der Waals surface area contributed by atoms with Gasteiger partial charge in [0, 0.05) is 19.0 Å². The van der Waals surface area contributed by atoms with Gasteiger partial charge in [0.2, 0.25) is 0 Å². The van der Waals surface area contributed by atoms with Crippen molar-refractivity contribution in [3.63, 3.8) is 0 Å². The monoisotopic (exact) mass is 328 g/mol. The second-order valence-electron chi connectivity index (χ2n) is 6.84. The van der Waals surface area contributed by atoms with Gasteiger partial charge in [-0.1, -0.05) is 12.1 Å². The first kappa shape index (κ1) is 17.0. The molecule has 1 aromatic carbocycles. The minimum Gasteiger partial charge on any atom is -0.491 e. The summed E-state index contributed by atoms with van der Waals surface area (Å²) in [6.07, 6.45) is 4.37. The number of hydrogen-bond acceptors (Lipinski definition) is 4. The molecule has 1 fully saturated rings. The van der Waals surface area contributed by atoms with Crippen molar-refractivity contribution in [2.45, 2.75) is 58.7 Å². The lowest BCUT2D eigenvalue weighted by molar-refractivity contribution is 0.199. The normalized spacial score (nSPS) is 16.7. The van der Waals surface area contributed by atoms with Gasteiger partial charge in [0.05, 0.1) is 6.10 Å². The third-order valence-electron chi connectivity index (χ3n) is 4.62. The van der Waals surface area contributed by atoms with Crippen LogP contribution in [-0.2, 0) is 13.1 Å². The van der Waals surface area contributed by atoms with Crippen LogP contribution in [0.1, 0.15) is 50.9 Å². The second-order valence-corrected chi connectivity index (χ2v) is 6.84. The highest BCUT2D eigenvalue weighted by Gasteiger charge is 2.24. The standard InChI is InChI=1S/C19H28N4O/c1-4-23-14-20-21-19(23)17-8-10-22(11-9-17)13-16-6-5-7-18(12-16)24-15(2)3/h5-7,12,14-15,17H,4,8-11,13H2,1-3H3. The Balaban J connectivity index is 1.56. The van der Waals surface area contributed by atoms with Crippen molar-refractivity contribution in [3.05, 3.63) is 42.0 Å². The van der Waals surface area contributed by atoms with E-state index in [0.29, 0.717) is 5.92 Å². The van der Waals surface area contributed by atoms with Gasteiger partial charge in [0.25, 0.3) is 0 Å². The van der Waals surface area contributed by atoms with E-state index in [-0.39, 0.29) is 6.10 Å².